The number of aromatic carboxylic acids is 1. The lowest BCUT2D eigenvalue weighted by Crippen LogP contribution is -2.12. The zero-order valence-corrected chi connectivity index (χ0v) is 8.58. The van der Waals surface area contributed by atoms with Crippen LogP contribution in [0.4, 0.5) is 5.82 Å². The van der Waals surface area contributed by atoms with E-state index in [1.54, 1.807) is 0 Å². The molecule has 86 valence electrons. The van der Waals surface area contributed by atoms with E-state index < -0.39 is 5.97 Å². The summed E-state index contributed by atoms with van der Waals surface area (Å²) in [5.74, 6) is -1.15. The second-order valence-electron chi connectivity index (χ2n) is 3.20. The largest absolute Gasteiger partial charge is 0.478 e. The molecular weight excluding hydrogens is 224 g/mol. The molecule has 0 aliphatic heterocycles. The van der Waals surface area contributed by atoms with Crippen molar-refractivity contribution in [2.45, 2.75) is 0 Å². The SMILES string of the molecule is O=C(O)c1ccc(NC(=O)c2ccoc2)nc1. The number of carbonyl (C=O) groups is 2. The minimum Gasteiger partial charge on any atom is -0.478 e. The fourth-order valence-electron chi connectivity index (χ4n) is 1.18. The van der Waals surface area contributed by atoms with Gasteiger partial charge in [-0.1, -0.05) is 0 Å². The van der Waals surface area contributed by atoms with E-state index in [1.165, 1.54) is 36.9 Å². The number of rotatable bonds is 3. The van der Waals surface area contributed by atoms with Crippen LogP contribution in [0.2, 0.25) is 0 Å². The maximum absolute atomic E-state index is 11.6. The molecule has 0 fully saturated rings. The van der Waals surface area contributed by atoms with Gasteiger partial charge in [-0.2, -0.15) is 0 Å². The van der Waals surface area contributed by atoms with Gasteiger partial charge in [-0.3, -0.25) is 4.79 Å². The van der Waals surface area contributed by atoms with Crippen LogP contribution in [0.5, 0.6) is 0 Å². The monoisotopic (exact) mass is 232 g/mol. The highest BCUT2D eigenvalue weighted by molar-refractivity contribution is 6.03. The number of hydrogen-bond donors (Lipinski definition) is 2. The molecule has 0 bridgehead atoms. The molecule has 6 nitrogen and oxygen atoms in total. The number of carboxylic acids is 1. The summed E-state index contributed by atoms with van der Waals surface area (Å²) in [4.78, 5) is 26.0. The van der Waals surface area contributed by atoms with Gasteiger partial charge in [0, 0.05) is 6.20 Å². The third-order valence-electron chi connectivity index (χ3n) is 2.04. The molecule has 2 aromatic heterocycles. The van der Waals surface area contributed by atoms with Crippen molar-refractivity contribution >= 4 is 17.7 Å². The lowest BCUT2D eigenvalue weighted by atomic mass is 10.3. The van der Waals surface area contributed by atoms with E-state index in [4.69, 9.17) is 9.52 Å². The van der Waals surface area contributed by atoms with Crippen LogP contribution in [0.15, 0.2) is 41.3 Å². The summed E-state index contributed by atoms with van der Waals surface area (Å²) in [6.45, 7) is 0. The van der Waals surface area contributed by atoms with Crippen LogP contribution in [0.1, 0.15) is 20.7 Å². The number of amides is 1. The third-order valence-corrected chi connectivity index (χ3v) is 2.04. The molecular formula is C11H8N2O4. The fourth-order valence-corrected chi connectivity index (χ4v) is 1.18. The van der Waals surface area contributed by atoms with E-state index in [2.05, 4.69) is 10.3 Å². The van der Waals surface area contributed by atoms with Crippen molar-refractivity contribution in [3.8, 4) is 0 Å². The predicted octanol–water partition coefficient (Wildman–Crippen LogP) is 1.63. The van der Waals surface area contributed by atoms with Crippen LogP contribution in [0, 0.1) is 0 Å². The van der Waals surface area contributed by atoms with Crippen LogP contribution in [0.3, 0.4) is 0 Å². The zero-order valence-electron chi connectivity index (χ0n) is 8.58. The van der Waals surface area contributed by atoms with E-state index >= 15 is 0 Å². The molecule has 0 unspecified atom stereocenters. The summed E-state index contributed by atoms with van der Waals surface area (Å²) in [6.07, 6.45) is 3.87. The molecule has 0 atom stereocenters. The predicted molar refractivity (Wildman–Crippen MR) is 57.9 cm³/mol. The van der Waals surface area contributed by atoms with Crippen LogP contribution < -0.4 is 5.32 Å². The first-order valence-corrected chi connectivity index (χ1v) is 4.70. The standard InChI is InChI=1S/C11H8N2O4/c14-10(8-3-4-17-6-8)13-9-2-1-7(5-12-9)11(15)16/h1-6H,(H,15,16)(H,12,13,14). The molecule has 2 N–H and O–H groups in total. The molecule has 0 saturated heterocycles. The quantitative estimate of drug-likeness (QED) is 0.838. The number of nitrogens with zero attached hydrogens (tertiary/aromatic N) is 1. The molecule has 0 aliphatic carbocycles. The van der Waals surface area contributed by atoms with Gasteiger partial charge in [-0.15, -0.1) is 0 Å². The van der Waals surface area contributed by atoms with Gasteiger partial charge in [0.1, 0.15) is 12.1 Å². The van der Waals surface area contributed by atoms with Gasteiger partial charge < -0.3 is 14.8 Å². The number of anilines is 1. The second kappa shape index (κ2) is 4.48. The van der Waals surface area contributed by atoms with E-state index in [0.717, 1.165) is 0 Å². The molecule has 2 rings (SSSR count). The molecule has 2 aromatic rings. The van der Waals surface area contributed by atoms with Gasteiger partial charge in [0.05, 0.1) is 17.4 Å². The minimum atomic E-state index is -1.06. The number of nitrogens with one attached hydrogen (secondary N) is 1. The molecule has 0 spiro atoms. The molecule has 0 aromatic carbocycles. The van der Waals surface area contributed by atoms with Crippen LogP contribution in [0.25, 0.3) is 0 Å². The highest BCUT2D eigenvalue weighted by atomic mass is 16.4. The number of carbonyl (C=O) groups excluding carboxylic acids is 1. The Bertz CT molecular complexity index is 531. The van der Waals surface area contributed by atoms with Crippen LogP contribution in [-0.2, 0) is 0 Å². The summed E-state index contributed by atoms with van der Waals surface area (Å²) < 4.78 is 4.76. The fraction of sp³-hybridized carbons (Fsp3) is 0. The molecule has 0 aliphatic rings. The van der Waals surface area contributed by atoms with E-state index in [0.29, 0.717) is 5.56 Å². The van der Waals surface area contributed by atoms with Crippen LogP contribution in [-0.4, -0.2) is 22.0 Å². The van der Waals surface area contributed by atoms with Crippen molar-refractivity contribution in [1.29, 1.82) is 0 Å². The van der Waals surface area contributed by atoms with Crippen molar-refractivity contribution in [1.82, 2.24) is 4.98 Å². The highest BCUT2D eigenvalue weighted by Gasteiger charge is 2.08. The van der Waals surface area contributed by atoms with Crippen molar-refractivity contribution in [2.75, 3.05) is 5.32 Å². The van der Waals surface area contributed by atoms with Gasteiger partial charge in [0.25, 0.3) is 5.91 Å². The Kier molecular flexibility index (Phi) is 2.87. The number of furan rings is 1. The first kappa shape index (κ1) is 10.9. The van der Waals surface area contributed by atoms with Crippen molar-refractivity contribution < 1.29 is 19.1 Å². The van der Waals surface area contributed by atoms with E-state index in [9.17, 15) is 9.59 Å². The lowest BCUT2D eigenvalue weighted by molar-refractivity contribution is 0.0696. The molecule has 0 radical (unpaired) electrons. The van der Waals surface area contributed by atoms with Crippen molar-refractivity contribution in [2.24, 2.45) is 0 Å². The van der Waals surface area contributed by atoms with Gasteiger partial charge in [-0.25, -0.2) is 9.78 Å². The number of carboxylic acid groups (broad SMARTS) is 1. The van der Waals surface area contributed by atoms with E-state index in [-0.39, 0.29) is 17.3 Å². The summed E-state index contributed by atoms with van der Waals surface area (Å²) >= 11 is 0. The molecule has 6 heteroatoms. The van der Waals surface area contributed by atoms with Gasteiger partial charge in [0.2, 0.25) is 0 Å². The number of pyridine rings is 1. The Hall–Kier alpha value is -2.63. The highest BCUT2D eigenvalue weighted by Crippen LogP contribution is 2.08. The Labute approximate surface area is 95.9 Å². The Balaban J connectivity index is 2.09. The first-order valence-electron chi connectivity index (χ1n) is 4.70. The Morgan fingerprint density at radius 2 is 2.06 bits per heavy atom. The summed E-state index contributed by atoms with van der Waals surface area (Å²) in [6, 6.07) is 4.29. The average molecular weight is 232 g/mol. The molecule has 0 saturated carbocycles. The van der Waals surface area contributed by atoms with Gasteiger partial charge >= 0.3 is 5.97 Å². The topological polar surface area (TPSA) is 92.4 Å². The number of aromatic nitrogens is 1. The third kappa shape index (κ3) is 2.49. The second-order valence-corrected chi connectivity index (χ2v) is 3.20. The lowest BCUT2D eigenvalue weighted by Gasteiger charge is -2.02. The van der Waals surface area contributed by atoms with Crippen molar-refractivity contribution in [3.63, 3.8) is 0 Å². The smallest absolute Gasteiger partial charge is 0.337 e. The summed E-state index contributed by atoms with van der Waals surface area (Å²) in [5, 5.41) is 11.2. The summed E-state index contributed by atoms with van der Waals surface area (Å²) in [5.41, 5.74) is 0.431. The normalized spacial score (nSPS) is 9.88. The zero-order chi connectivity index (χ0) is 12.3. The average Bonchev–Trinajstić information content (AvgIpc) is 2.83. The molecule has 2 heterocycles. The van der Waals surface area contributed by atoms with Crippen molar-refractivity contribution in [3.05, 3.63) is 48.0 Å². The Morgan fingerprint density at radius 3 is 2.59 bits per heavy atom. The summed E-state index contributed by atoms with van der Waals surface area (Å²) in [7, 11) is 0. The maximum Gasteiger partial charge on any atom is 0.337 e. The Morgan fingerprint density at radius 1 is 1.24 bits per heavy atom. The first-order chi connectivity index (χ1) is 8.16. The van der Waals surface area contributed by atoms with E-state index in [1.807, 2.05) is 0 Å². The van der Waals surface area contributed by atoms with Gasteiger partial charge in [-0.05, 0) is 18.2 Å². The molecule has 17 heavy (non-hydrogen) atoms. The minimum absolute atomic E-state index is 0.0614. The maximum atomic E-state index is 11.6. The van der Waals surface area contributed by atoms with Gasteiger partial charge in [0.15, 0.2) is 0 Å². The number of hydrogen-bond acceptors (Lipinski definition) is 4. The molecule has 1 amide bonds. The van der Waals surface area contributed by atoms with Crippen LogP contribution >= 0.6 is 0 Å².